The summed E-state index contributed by atoms with van der Waals surface area (Å²) in [6.07, 6.45) is 3.01. The quantitative estimate of drug-likeness (QED) is 0.738. The highest BCUT2D eigenvalue weighted by molar-refractivity contribution is 5.82. The third-order valence-corrected chi connectivity index (χ3v) is 7.24. The number of esters is 2. The van der Waals surface area contributed by atoms with Gasteiger partial charge in [0, 0.05) is 11.3 Å². The largest absolute Gasteiger partial charge is 0.458 e. The molecule has 1 aliphatic heterocycles. The molecule has 2 bridgehead atoms. The highest BCUT2D eigenvalue weighted by atomic mass is 16.6. The Morgan fingerprint density at radius 1 is 1.25 bits per heavy atom. The van der Waals surface area contributed by atoms with E-state index in [0.29, 0.717) is 0 Å². The lowest BCUT2D eigenvalue weighted by Crippen LogP contribution is -2.43. The van der Waals surface area contributed by atoms with Crippen LogP contribution in [0.1, 0.15) is 67.2 Å². The van der Waals surface area contributed by atoms with Gasteiger partial charge in [0.2, 0.25) is 0 Å². The second kappa shape index (κ2) is 4.37. The number of rotatable bonds is 3. The van der Waals surface area contributed by atoms with E-state index in [4.69, 9.17) is 9.47 Å². The van der Waals surface area contributed by atoms with Crippen LogP contribution in [0.2, 0.25) is 0 Å². The molecule has 4 rings (SSSR count). The first kappa shape index (κ1) is 16.4. The van der Waals surface area contributed by atoms with Gasteiger partial charge in [0.05, 0.1) is 11.3 Å². The average molecular weight is 334 g/mol. The topological polar surface area (TPSA) is 52.6 Å². The zero-order chi connectivity index (χ0) is 17.7. The molecule has 0 amide bonds. The molecule has 0 N–H and O–H groups in total. The molecule has 4 nitrogen and oxygen atoms in total. The second-order valence-corrected chi connectivity index (χ2v) is 10.9. The summed E-state index contributed by atoms with van der Waals surface area (Å²) >= 11 is 0. The van der Waals surface area contributed by atoms with E-state index >= 15 is 0 Å². The fourth-order valence-corrected chi connectivity index (χ4v) is 6.02. The Morgan fingerprint density at radius 2 is 1.88 bits per heavy atom. The summed E-state index contributed by atoms with van der Waals surface area (Å²) in [6.45, 7) is 13.0. The zero-order valence-corrected chi connectivity index (χ0v) is 15.8. The van der Waals surface area contributed by atoms with Crippen molar-refractivity contribution in [2.75, 3.05) is 0 Å². The van der Waals surface area contributed by atoms with Crippen molar-refractivity contribution in [2.24, 2.45) is 33.5 Å². The molecule has 1 heterocycles. The Labute approximate surface area is 144 Å². The van der Waals surface area contributed by atoms with Crippen LogP contribution in [0.4, 0.5) is 0 Å². The fraction of sp³-hybridized carbons (Fsp3) is 0.900. The van der Waals surface area contributed by atoms with E-state index in [0.717, 1.165) is 25.7 Å². The molecule has 0 aromatic carbocycles. The standard InChI is InChI=1S/C20H30O4/c1-17(2,3)9-20(10-18(20,4)5)16(22)24-14-13-11-7-19(14,6)8-12(11)15(21)23-13/h11-14H,7-10H2,1-6H3. The Hall–Kier alpha value is -1.06. The molecule has 0 spiro atoms. The van der Waals surface area contributed by atoms with Crippen LogP contribution < -0.4 is 0 Å². The first-order valence-electron chi connectivity index (χ1n) is 9.30. The highest BCUT2D eigenvalue weighted by Gasteiger charge is 2.72. The van der Waals surface area contributed by atoms with Crippen LogP contribution in [0, 0.1) is 33.5 Å². The van der Waals surface area contributed by atoms with Crippen molar-refractivity contribution in [3.8, 4) is 0 Å². The van der Waals surface area contributed by atoms with Gasteiger partial charge < -0.3 is 9.47 Å². The summed E-state index contributed by atoms with van der Waals surface area (Å²) in [4.78, 5) is 25.2. The molecule has 3 saturated carbocycles. The van der Waals surface area contributed by atoms with Crippen molar-refractivity contribution in [1.82, 2.24) is 0 Å². The summed E-state index contributed by atoms with van der Waals surface area (Å²) < 4.78 is 11.7. The van der Waals surface area contributed by atoms with Gasteiger partial charge in [-0.2, -0.15) is 0 Å². The SMILES string of the molecule is CC(C)(C)CC1(C(=O)OC2C3OC(=O)C4CC2(C)CC43)CC1(C)C. The lowest BCUT2D eigenvalue weighted by Gasteiger charge is -2.35. The molecule has 0 aromatic heterocycles. The molecule has 3 aliphatic carbocycles. The van der Waals surface area contributed by atoms with Gasteiger partial charge in [-0.05, 0) is 36.5 Å². The summed E-state index contributed by atoms with van der Waals surface area (Å²) in [6, 6.07) is 0. The van der Waals surface area contributed by atoms with Crippen LogP contribution in [0.5, 0.6) is 0 Å². The normalized spacial score (nSPS) is 47.7. The minimum absolute atomic E-state index is 0.00915. The van der Waals surface area contributed by atoms with Gasteiger partial charge in [-0.25, -0.2) is 0 Å². The number of hydrogen-bond acceptors (Lipinski definition) is 4. The van der Waals surface area contributed by atoms with Crippen LogP contribution in [-0.4, -0.2) is 24.1 Å². The summed E-state index contributed by atoms with van der Waals surface area (Å²) in [5.74, 6) is 0.145. The first-order valence-corrected chi connectivity index (χ1v) is 9.30. The van der Waals surface area contributed by atoms with Gasteiger partial charge in [0.1, 0.15) is 12.2 Å². The number of ether oxygens (including phenoxy) is 2. The molecule has 24 heavy (non-hydrogen) atoms. The van der Waals surface area contributed by atoms with Gasteiger partial charge in [-0.15, -0.1) is 0 Å². The first-order chi connectivity index (χ1) is 10.9. The van der Waals surface area contributed by atoms with Crippen LogP contribution in [0.3, 0.4) is 0 Å². The van der Waals surface area contributed by atoms with Gasteiger partial charge in [0.15, 0.2) is 0 Å². The van der Waals surface area contributed by atoms with Gasteiger partial charge in [0.25, 0.3) is 0 Å². The summed E-state index contributed by atoms with van der Waals surface area (Å²) in [5, 5.41) is 0. The monoisotopic (exact) mass is 334 g/mol. The molecule has 0 aromatic rings. The van der Waals surface area contributed by atoms with E-state index in [2.05, 4.69) is 41.5 Å². The van der Waals surface area contributed by atoms with E-state index < -0.39 is 0 Å². The van der Waals surface area contributed by atoms with E-state index in [1.165, 1.54) is 0 Å². The Kier molecular flexibility index (Phi) is 2.99. The van der Waals surface area contributed by atoms with Gasteiger partial charge in [-0.3, -0.25) is 9.59 Å². The van der Waals surface area contributed by atoms with E-state index in [1.807, 2.05) is 0 Å². The molecule has 4 aliphatic rings. The van der Waals surface area contributed by atoms with Crippen molar-refractivity contribution >= 4 is 11.9 Å². The molecular formula is C20H30O4. The van der Waals surface area contributed by atoms with Crippen LogP contribution >= 0.6 is 0 Å². The van der Waals surface area contributed by atoms with Crippen LogP contribution in [0.15, 0.2) is 0 Å². The molecular weight excluding hydrogens is 304 g/mol. The molecule has 6 unspecified atom stereocenters. The number of fused-ring (bicyclic) bond motifs is 1. The minimum atomic E-state index is -0.383. The number of carbonyl (C=O) groups is 2. The van der Waals surface area contributed by atoms with Crippen LogP contribution in [0.25, 0.3) is 0 Å². The third-order valence-electron chi connectivity index (χ3n) is 7.24. The zero-order valence-electron chi connectivity index (χ0n) is 15.8. The fourth-order valence-electron chi connectivity index (χ4n) is 6.02. The van der Waals surface area contributed by atoms with E-state index in [1.54, 1.807) is 0 Å². The molecule has 134 valence electrons. The predicted octanol–water partition coefficient (Wildman–Crippen LogP) is 3.72. The average Bonchev–Trinajstić information content (AvgIpc) is 2.69. The maximum Gasteiger partial charge on any atom is 0.313 e. The molecule has 4 heteroatoms. The Morgan fingerprint density at radius 3 is 2.42 bits per heavy atom. The number of carbonyl (C=O) groups excluding carboxylic acids is 2. The van der Waals surface area contributed by atoms with Gasteiger partial charge in [-0.1, -0.05) is 41.5 Å². The van der Waals surface area contributed by atoms with Crippen LogP contribution in [-0.2, 0) is 19.1 Å². The highest BCUT2D eigenvalue weighted by Crippen LogP contribution is 2.69. The van der Waals surface area contributed by atoms with E-state index in [-0.39, 0.29) is 57.6 Å². The predicted molar refractivity (Wildman–Crippen MR) is 89.0 cm³/mol. The van der Waals surface area contributed by atoms with Crippen molar-refractivity contribution in [1.29, 1.82) is 0 Å². The number of hydrogen-bond donors (Lipinski definition) is 0. The molecule has 0 radical (unpaired) electrons. The second-order valence-electron chi connectivity index (χ2n) is 10.9. The van der Waals surface area contributed by atoms with Crippen molar-refractivity contribution in [2.45, 2.75) is 79.4 Å². The van der Waals surface area contributed by atoms with Crippen molar-refractivity contribution in [3.63, 3.8) is 0 Å². The molecule has 4 fully saturated rings. The van der Waals surface area contributed by atoms with Crippen molar-refractivity contribution < 1.29 is 19.1 Å². The summed E-state index contributed by atoms with van der Waals surface area (Å²) in [7, 11) is 0. The lowest BCUT2D eigenvalue weighted by atomic mass is 9.77. The minimum Gasteiger partial charge on any atom is -0.458 e. The molecule has 1 saturated heterocycles. The third kappa shape index (κ3) is 2.04. The Bertz CT molecular complexity index is 616. The van der Waals surface area contributed by atoms with Gasteiger partial charge >= 0.3 is 11.9 Å². The van der Waals surface area contributed by atoms with E-state index in [9.17, 15) is 9.59 Å². The maximum absolute atomic E-state index is 13.2. The maximum atomic E-state index is 13.2. The lowest BCUT2D eigenvalue weighted by molar-refractivity contribution is -0.173. The molecule has 6 atom stereocenters. The smallest absolute Gasteiger partial charge is 0.313 e. The Balaban J connectivity index is 1.56. The summed E-state index contributed by atoms with van der Waals surface area (Å²) in [5.41, 5.74) is -0.406. The van der Waals surface area contributed by atoms with Crippen molar-refractivity contribution in [3.05, 3.63) is 0 Å².